The molecule has 0 aromatic rings. The maximum atomic E-state index is 12.7. The summed E-state index contributed by atoms with van der Waals surface area (Å²) in [5.74, 6) is 4.43. The van der Waals surface area contributed by atoms with Crippen molar-refractivity contribution in [3.63, 3.8) is 0 Å². The lowest BCUT2D eigenvalue weighted by atomic mass is 9.54. The van der Waals surface area contributed by atoms with Crippen molar-refractivity contribution in [3.05, 3.63) is 0 Å². The van der Waals surface area contributed by atoms with Crippen LogP contribution >= 0.6 is 0 Å². The molecule has 0 spiro atoms. The van der Waals surface area contributed by atoms with E-state index in [4.69, 9.17) is 0 Å². The van der Waals surface area contributed by atoms with Gasteiger partial charge in [0, 0.05) is 12.1 Å². The SMILES string of the molecule is O=S(=O)(NC1C2CC3CC(C2)CC1C3)NS(=O)(=O)NC1C2CC3CC(C2)CC1C3. The van der Waals surface area contributed by atoms with Gasteiger partial charge in [0.2, 0.25) is 0 Å². The van der Waals surface area contributed by atoms with E-state index in [1.165, 1.54) is 12.8 Å². The maximum absolute atomic E-state index is 12.7. The molecule has 0 aromatic heterocycles. The predicted molar refractivity (Wildman–Crippen MR) is 109 cm³/mol. The largest absolute Gasteiger partial charge is 0.291 e. The minimum Gasteiger partial charge on any atom is -0.198 e. The summed E-state index contributed by atoms with van der Waals surface area (Å²) in [5.41, 5.74) is 0. The Bertz CT molecular complexity index is 759. The van der Waals surface area contributed by atoms with Crippen molar-refractivity contribution < 1.29 is 16.8 Å². The quantitative estimate of drug-likeness (QED) is 0.583. The van der Waals surface area contributed by atoms with Crippen molar-refractivity contribution >= 4 is 20.4 Å². The van der Waals surface area contributed by atoms with Gasteiger partial charge in [-0.05, 0) is 112 Å². The van der Waals surface area contributed by atoms with Gasteiger partial charge in [-0.1, -0.05) is 4.13 Å². The molecule has 0 radical (unpaired) electrons. The summed E-state index contributed by atoms with van der Waals surface area (Å²) in [6.45, 7) is 0. The van der Waals surface area contributed by atoms with E-state index in [0.717, 1.165) is 75.0 Å². The summed E-state index contributed by atoms with van der Waals surface area (Å²) in [6.07, 6.45) is 11.3. The fourth-order valence-corrected chi connectivity index (χ4v) is 11.8. The van der Waals surface area contributed by atoms with Gasteiger partial charge in [-0.3, -0.25) is 0 Å². The Balaban J connectivity index is 1.12. The molecule has 8 saturated carbocycles. The molecular weight excluding hydrogens is 410 g/mol. The number of hydrogen-bond acceptors (Lipinski definition) is 4. The molecule has 29 heavy (non-hydrogen) atoms. The van der Waals surface area contributed by atoms with E-state index in [0.29, 0.717) is 23.7 Å². The van der Waals surface area contributed by atoms with Gasteiger partial charge in [-0.15, -0.1) is 0 Å². The lowest BCUT2D eigenvalue weighted by Gasteiger charge is -2.54. The Hall–Kier alpha value is -0.220. The van der Waals surface area contributed by atoms with Gasteiger partial charge in [-0.2, -0.15) is 26.3 Å². The lowest BCUT2D eigenvalue weighted by Crippen LogP contribution is -2.61. The average Bonchev–Trinajstić information content (AvgIpc) is 2.59. The molecule has 8 fully saturated rings. The van der Waals surface area contributed by atoms with E-state index < -0.39 is 20.4 Å². The van der Waals surface area contributed by atoms with Crippen molar-refractivity contribution in [2.24, 2.45) is 47.3 Å². The summed E-state index contributed by atoms with van der Waals surface area (Å²) in [6, 6.07) is -0.228. The second-order valence-corrected chi connectivity index (χ2v) is 14.4. The maximum Gasteiger partial charge on any atom is 0.291 e. The Labute approximate surface area is 174 Å². The van der Waals surface area contributed by atoms with Crippen LogP contribution in [0.5, 0.6) is 0 Å². The van der Waals surface area contributed by atoms with Crippen molar-refractivity contribution in [1.82, 2.24) is 13.6 Å². The van der Waals surface area contributed by atoms with Crippen molar-refractivity contribution in [1.29, 1.82) is 0 Å². The van der Waals surface area contributed by atoms with Crippen LogP contribution < -0.4 is 13.6 Å². The highest BCUT2D eigenvalue weighted by Crippen LogP contribution is 2.55. The number of hydrogen-bond donors (Lipinski definition) is 3. The summed E-state index contributed by atoms with van der Waals surface area (Å²) >= 11 is 0. The van der Waals surface area contributed by atoms with Crippen LogP contribution in [0.4, 0.5) is 0 Å². The molecule has 164 valence electrons. The zero-order valence-electron chi connectivity index (χ0n) is 16.8. The van der Waals surface area contributed by atoms with Gasteiger partial charge in [0.25, 0.3) is 20.4 Å². The highest BCUT2D eigenvalue weighted by Gasteiger charge is 2.51. The first kappa shape index (κ1) is 19.5. The highest BCUT2D eigenvalue weighted by molar-refractivity contribution is 8.02. The summed E-state index contributed by atoms with van der Waals surface area (Å²) in [5, 5.41) is 0. The first-order valence-corrected chi connectivity index (χ1v) is 14.5. The Morgan fingerprint density at radius 2 is 0.724 bits per heavy atom. The zero-order valence-corrected chi connectivity index (χ0v) is 18.4. The predicted octanol–water partition coefficient (Wildman–Crippen LogP) is 1.89. The molecule has 0 unspecified atom stereocenters. The smallest absolute Gasteiger partial charge is 0.198 e. The Morgan fingerprint density at radius 1 is 0.448 bits per heavy atom. The molecule has 8 aliphatic carbocycles. The zero-order chi connectivity index (χ0) is 20.0. The lowest BCUT2D eigenvalue weighted by molar-refractivity contribution is -0.00598. The van der Waals surface area contributed by atoms with Gasteiger partial charge in [0.15, 0.2) is 0 Å². The molecule has 0 aliphatic heterocycles. The monoisotopic (exact) mass is 443 g/mol. The normalized spacial score (nSPS) is 50.3. The van der Waals surface area contributed by atoms with Gasteiger partial charge >= 0.3 is 0 Å². The van der Waals surface area contributed by atoms with Crippen LogP contribution in [-0.4, -0.2) is 28.9 Å². The van der Waals surface area contributed by atoms with E-state index in [1.54, 1.807) is 0 Å². The van der Waals surface area contributed by atoms with Crippen molar-refractivity contribution in [2.45, 2.75) is 76.3 Å². The molecule has 0 amide bonds. The Morgan fingerprint density at radius 3 is 1.00 bits per heavy atom. The van der Waals surface area contributed by atoms with Gasteiger partial charge in [0.1, 0.15) is 0 Å². The highest BCUT2D eigenvalue weighted by atomic mass is 32.3. The van der Waals surface area contributed by atoms with Crippen LogP contribution in [0.1, 0.15) is 64.2 Å². The average molecular weight is 444 g/mol. The van der Waals surface area contributed by atoms with Crippen LogP contribution in [0.15, 0.2) is 0 Å². The first-order chi connectivity index (χ1) is 13.7. The van der Waals surface area contributed by atoms with E-state index >= 15 is 0 Å². The third kappa shape index (κ3) is 3.58. The molecule has 8 bridgehead atoms. The molecule has 3 N–H and O–H groups in total. The van der Waals surface area contributed by atoms with E-state index in [9.17, 15) is 16.8 Å². The van der Waals surface area contributed by atoms with Gasteiger partial charge < -0.3 is 0 Å². The van der Waals surface area contributed by atoms with Gasteiger partial charge in [-0.25, -0.2) is 0 Å². The summed E-state index contributed by atoms with van der Waals surface area (Å²) in [7, 11) is -8.22. The molecular formula is C20H33N3O4S2. The molecule has 0 atom stereocenters. The van der Waals surface area contributed by atoms with E-state index in [2.05, 4.69) is 9.44 Å². The molecule has 0 saturated heterocycles. The van der Waals surface area contributed by atoms with Crippen LogP contribution in [0.3, 0.4) is 0 Å². The summed E-state index contributed by atoms with van der Waals surface area (Å²) in [4.78, 5) is 0. The first-order valence-electron chi connectivity index (χ1n) is 11.6. The molecule has 9 heteroatoms. The third-order valence-electron chi connectivity index (χ3n) is 9.26. The van der Waals surface area contributed by atoms with Crippen molar-refractivity contribution in [2.75, 3.05) is 0 Å². The fraction of sp³-hybridized carbons (Fsp3) is 1.00. The molecule has 0 heterocycles. The minimum atomic E-state index is -4.11. The number of rotatable bonds is 6. The van der Waals surface area contributed by atoms with Crippen LogP contribution in [0.2, 0.25) is 0 Å². The molecule has 8 aliphatic rings. The van der Waals surface area contributed by atoms with Crippen molar-refractivity contribution in [3.8, 4) is 0 Å². The van der Waals surface area contributed by atoms with Gasteiger partial charge in [0.05, 0.1) is 0 Å². The fourth-order valence-electron chi connectivity index (χ4n) is 8.79. The van der Waals surface area contributed by atoms with Crippen LogP contribution in [-0.2, 0) is 20.4 Å². The Kier molecular flexibility index (Phi) is 4.46. The molecule has 8 rings (SSSR count). The second-order valence-electron chi connectivity index (χ2n) is 11.2. The topological polar surface area (TPSA) is 104 Å². The molecule has 0 aromatic carbocycles. The van der Waals surface area contributed by atoms with Crippen LogP contribution in [0, 0.1) is 47.3 Å². The summed E-state index contributed by atoms with van der Waals surface area (Å²) < 4.78 is 58.4. The number of nitrogens with one attached hydrogen (secondary N) is 3. The standard InChI is InChI=1S/C20H33N3O4S2/c24-28(25,21-19-15-3-11-1-12(5-15)6-16(19)4-11)23-29(26,27)22-20-17-7-13-2-14(9-17)10-18(20)8-13/h11-23H,1-10H2. The second kappa shape index (κ2) is 6.64. The third-order valence-corrected chi connectivity index (χ3v) is 12.2. The van der Waals surface area contributed by atoms with E-state index in [-0.39, 0.29) is 12.1 Å². The van der Waals surface area contributed by atoms with Crippen LogP contribution in [0.25, 0.3) is 0 Å². The van der Waals surface area contributed by atoms with E-state index in [1.807, 2.05) is 4.13 Å². The molecule has 7 nitrogen and oxygen atoms in total. The minimum absolute atomic E-state index is 0.114.